The Hall–Kier alpha value is -1.35. The van der Waals surface area contributed by atoms with Gasteiger partial charge in [0.05, 0.1) is 0 Å². The fourth-order valence-corrected chi connectivity index (χ4v) is 2.03. The van der Waals surface area contributed by atoms with Crippen LogP contribution in [0.15, 0.2) is 24.3 Å². The normalized spacial score (nSPS) is 22.6. The highest BCUT2D eigenvalue weighted by Crippen LogP contribution is 2.38. The topological polar surface area (TPSA) is 32.3 Å². The van der Waals surface area contributed by atoms with Crippen LogP contribution < -0.4 is 5.32 Å². The number of nitrogens with one attached hydrogen (secondary N) is 1. The minimum Gasteiger partial charge on any atom is -0.326 e. The number of rotatable bonds is 4. The van der Waals surface area contributed by atoms with E-state index >= 15 is 0 Å². The van der Waals surface area contributed by atoms with Gasteiger partial charge in [-0.25, -0.2) is 0 Å². The zero-order valence-electron chi connectivity index (χ0n) is 10.7. The molecular formula is C14H20N2O. The van der Waals surface area contributed by atoms with E-state index in [1.165, 1.54) is 5.56 Å². The first kappa shape index (κ1) is 12.1. The molecule has 0 saturated heterocycles. The fraction of sp³-hybridized carbons (Fsp3) is 0.500. The van der Waals surface area contributed by atoms with Crippen LogP contribution in [0.2, 0.25) is 0 Å². The molecule has 0 bridgehead atoms. The molecule has 1 aromatic rings. The van der Waals surface area contributed by atoms with Gasteiger partial charge in [0.15, 0.2) is 0 Å². The van der Waals surface area contributed by atoms with E-state index in [2.05, 4.69) is 23.2 Å². The fourth-order valence-electron chi connectivity index (χ4n) is 2.03. The van der Waals surface area contributed by atoms with Gasteiger partial charge in [-0.05, 0) is 38.1 Å². The molecule has 0 aliphatic heterocycles. The highest BCUT2D eigenvalue weighted by atomic mass is 16.2. The Labute approximate surface area is 103 Å². The second-order valence-corrected chi connectivity index (χ2v) is 5.20. The van der Waals surface area contributed by atoms with Crippen molar-refractivity contribution in [1.82, 2.24) is 4.90 Å². The minimum atomic E-state index is 0.170. The number of para-hydroxylation sites is 1. The number of hydrogen-bond donors (Lipinski definition) is 1. The van der Waals surface area contributed by atoms with Crippen LogP contribution in [0.3, 0.4) is 0 Å². The molecule has 0 spiro atoms. The zero-order chi connectivity index (χ0) is 12.4. The van der Waals surface area contributed by atoms with Crippen LogP contribution in [0.1, 0.15) is 18.9 Å². The molecule has 1 amide bonds. The van der Waals surface area contributed by atoms with Crippen molar-refractivity contribution in [3.63, 3.8) is 0 Å². The maximum Gasteiger partial charge on any atom is 0.227 e. The largest absolute Gasteiger partial charge is 0.326 e. The Balaban J connectivity index is 2.06. The van der Waals surface area contributed by atoms with E-state index in [0.717, 1.165) is 18.7 Å². The molecule has 1 fully saturated rings. The summed E-state index contributed by atoms with van der Waals surface area (Å²) in [5.74, 6) is 0.946. The first-order valence-corrected chi connectivity index (χ1v) is 6.11. The predicted octanol–water partition coefficient (Wildman–Crippen LogP) is 2.34. The van der Waals surface area contributed by atoms with E-state index < -0.39 is 0 Å². The summed E-state index contributed by atoms with van der Waals surface area (Å²) in [6.07, 6.45) is 1.03. The highest BCUT2D eigenvalue weighted by Gasteiger charge is 2.39. The van der Waals surface area contributed by atoms with Gasteiger partial charge in [0.1, 0.15) is 0 Å². The van der Waals surface area contributed by atoms with Crippen molar-refractivity contribution in [2.24, 2.45) is 11.8 Å². The lowest BCUT2D eigenvalue weighted by Gasteiger charge is -2.14. The number of carbonyl (C=O) groups is 1. The first-order chi connectivity index (χ1) is 8.08. The summed E-state index contributed by atoms with van der Waals surface area (Å²) in [5.41, 5.74) is 2.12. The highest BCUT2D eigenvalue weighted by molar-refractivity contribution is 5.95. The van der Waals surface area contributed by atoms with E-state index in [-0.39, 0.29) is 11.8 Å². The first-order valence-electron chi connectivity index (χ1n) is 6.11. The van der Waals surface area contributed by atoms with Crippen molar-refractivity contribution in [1.29, 1.82) is 0 Å². The molecule has 1 aliphatic rings. The Morgan fingerprint density at radius 2 is 2.06 bits per heavy atom. The number of hydrogen-bond acceptors (Lipinski definition) is 2. The van der Waals surface area contributed by atoms with Gasteiger partial charge in [-0.1, -0.05) is 25.1 Å². The lowest BCUT2D eigenvalue weighted by molar-refractivity contribution is -0.117. The Morgan fingerprint density at radius 3 is 2.65 bits per heavy atom. The summed E-state index contributed by atoms with van der Waals surface area (Å²) >= 11 is 0. The summed E-state index contributed by atoms with van der Waals surface area (Å²) in [6, 6.07) is 8.01. The Bertz CT molecular complexity index is 414. The molecular weight excluding hydrogens is 212 g/mol. The standard InChI is InChI=1S/C14H20N2O/c1-10-8-12(10)14(17)15-13-7-5-4-6-11(13)9-16(2)3/h4-7,10,12H,8-9H2,1-3H3,(H,15,17)/t10-,12-/m1/s1. The average molecular weight is 232 g/mol. The molecule has 3 nitrogen and oxygen atoms in total. The summed E-state index contributed by atoms with van der Waals surface area (Å²) < 4.78 is 0. The Kier molecular flexibility index (Phi) is 3.48. The van der Waals surface area contributed by atoms with Gasteiger partial charge < -0.3 is 10.2 Å². The molecule has 1 saturated carbocycles. The molecule has 0 heterocycles. The molecule has 1 aromatic carbocycles. The third-order valence-electron chi connectivity index (χ3n) is 3.21. The third-order valence-corrected chi connectivity index (χ3v) is 3.21. The number of nitrogens with zero attached hydrogens (tertiary/aromatic N) is 1. The molecule has 1 N–H and O–H groups in total. The van der Waals surface area contributed by atoms with Gasteiger partial charge in [0.2, 0.25) is 5.91 Å². The molecule has 3 heteroatoms. The molecule has 1 aliphatic carbocycles. The van der Waals surface area contributed by atoms with Crippen molar-refractivity contribution in [2.75, 3.05) is 19.4 Å². The maximum atomic E-state index is 11.9. The lowest BCUT2D eigenvalue weighted by atomic mass is 10.1. The van der Waals surface area contributed by atoms with Crippen LogP contribution in [0, 0.1) is 11.8 Å². The van der Waals surface area contributed by atoms with Crippen molar-refractivity contribution in [3.05, 3.63) is 29.8 Å². The number of amides is 1. The van der Waals surface area contributed by atoms with E-state index in [1.54, 1.807) is 0 Å². The van der Waals surface area contributed by atoms with E-state index in [9.17, 15) is 4.79 Å². The Morgan fingerprint density at radius 1 is 1.41 bits per heavy atom. The SMILES string of the molecule is C[C@@H]1C[C@H]1C(=O)Nc1ccccc1CN(C)C. The lowest BCUT2D eigenvalue weighted by Crippen LogP contribution is -2.18. The predicted molar refractivity (Wildman–Crippen MR) is 69.7 cm³/mol. The third kappa shape index (κ3) is 3.07. The van der Waals surface area contributed by atoms with Crippen LogP contribution in [0.25, 0.3) is 0 Å². The smallest absolute Gasteiger partial charge is 0.227 e. The van der Waals surface area contributed by atoms with Crippen LogP contribution >= 0.6 is 0 Å². The van der Waals surface area contributed by atoms with Gasteiger partial charge >= 0.3 is 0 Å². The summed E-state index contributed by atoms with van der Waals surface area (Å²) in [4.78, 5) is 14.0. The van der Waals surface area contributed by atoms with E-state index in [1.807, 2.05) is 32.3 Å². The van der Waals surface area contributed by atoms with Gasteiger partial charge in [0.25, 0.3) is 0 Å². The zero-order valence-corrected chi connectivity index (χ0v) is 10.7. The molecule has 17 heavy (non-hydrogen) atoms. The quantitative estimate of drug-likeness (QED) is 0.864. The molecule has 2 atom stereocenters. The van der Waals surface area contributed by atoms with Crippen LogP contribution in [-0.4, -0.2) is 24.9 Å². The molecule has 0 radical (unpaired) electrons. The van der Waals surface area contributed by atoms with E-state index in [4.69, 9.17) is 0 Å². The van der Waals surface area contributed by atoms with Crippen molar-refractivity contribution < 1.29 is 4.79 Å². The summed E-state index contributed by atoms with van der Waals surface area (Å²) in [5, 5.41) is 3.04. The summed E-state index contributed by atoms with van der Waals surface area (Å²) in [6.45, 7) is 2.96. The molecule has 0 unspecified atom stereocenters. The van der Waals surface area contributed by atoms with Crippen LogP contribution in [-0.2, 0) is 11.3 Å². The van der Waals surface area contributed by atoms with Gasteiger partial charge in [-0.15, -0.1) is 0 Å². The van der Waals surface area contributed by atoms with Crippen molar-refractivity contribution >= 4 is 11.6 Å². The van der Waals surface area contributed by atoms with Gasteiger partial charge in [-0.3, -0.25) is 4.79 Å². The molecule has 92 valence electrons. The van der Waals surface area contributed by atoms with E-state index in [0.29, 0.717) is 5.92 Å². The monoisotopic (exact) mass is 232 g/mol. The number of benzene rings is 1. The second-order valence-electron chi connectivity index (χ2n) is 5.20. The molecule has 0 aromatic heterocycles. The maximum absolute atomic E-state index is 11.9. The van der Waals surface area contributed by atoms with Crippen molar-refractivity contribution in [3.8, 4) is 0 Å². The number of carbonyl (C=O) groups excluding carboxylic acids is 1. The van der Waals surface area contributed by atoms with Crippen LogP contribution in [0.5, 0.6) is 0 Å². The minimum absolute atomic E-state index is 0.170. The van der Waals surface area contributed by atoms with Crippen LogP contribution in [0.4, 0.5) is 5.69 Å². The number of anilines is 1. The van der Waals surface area contributed by atoms with Crippen molar-refractivity contribution in [2.45, 2.75) is 19.9 Å². The van der Waals surface area contributed by atoms with Gasteiger partial charge in [0, 0.05) is 18.2 Å². The molecule has 2 rings (SSSR count). The van der Waals surface area contributed by atoms with Gasteiger partial charge in [-0.2, -0.15) is 0 Å². The second kappa shape index (κ2) is 4.88. The summed E-state index contributed by atoms with van der Waals surface area (Å²) in [7, 11) is 4.06. The average Bonchev–Trinajstić information content (AvgIpc) is 2.98.